The van der Waals surface area contributed by atoms with Gasteiger partial charge in [0.1, 0.15) is 18.1 Å². The maximum Gasteiger partial charge on any atom is 0.494 e. The van der Waals surface area contributed by atoms with Crippen molar-refractivity contribution in [2.45, 2.75) is 71.2 Å². The molecule has 2 aromatic carbocycles. The molecule has 4 aliphatic carbocycles. The fraction of sp³-hybridized carbons (Fsp3) is 0.432. The summed E-state index contributed by atoms with van der Waals surface area (Å²) in [5, 5.41) is 9.35. The molecule has 1 N–H and O–H groups in total. The third-order valence-corrected chi connectivity index (χ3v) is 10.8. The van der Waals surface area contributed by atoms with E-state index in [1.807, 2.05) is 76.2 Å². The van der Waals surface area contributed by atoms with Crippen molar-refractivity contribution >= 4 is 42.0 Å². The van der Waals surface area contributed by atoms with Crippen LogP contribution in [-0.4, -0.2) is 36.5 Å². The summed E-state index contributed by atoms with van der Waals surface area (Å²) in [6.45, 7) is 8.52. The molecule has 7 rings (SSSR count). The van der Waals surface area contributed by atoms with Crippen LogP contribution in [0, 0.1) is 23.7 Å². The van der Waals surface area contributed by atoms with E-state index in [4.69, 9.17) is 35.5 Å². The van der Waals surface area contributed by atoms with E-state index in [1.54, 1.807) is 19.3 Å². The van der Waals surface area contributed by atoms with Crippen molar-refractivity contribution in [3.63, 3.8) is 0 Å². The largest absolute Gasteiger partial charge is 0.496 e. The van der Waals surface area contributed by atoms with Gasteiger partial charge in [-0.2, -0.15) is 0 Å². The Morgan fingerprint density at radius 1 is 0.978 bits per heavy atom. The van der Waals surface area contributed by atoms with Crippen LogP contribution in [0.1, 0.15) is 70.1 Å². The van der Waals surface area contributed by atoms with E-state index < -0.39 is 24.3 Å². The van der Waals surface area contributed by atoms with Crippen molar-refractivity contribution in [2.75, 3.05) is 7.11 Å². The van der Waals surface area contributed by atoms with Gasteiger partial charge in [-0.25, -0.2) is 4.79 Å². The Kier molecular flexibility index (Phi) is 8.81. The maximum absolute atomic E-state index is 10.8. The number of allylic oxidation sites excluding steroid dienone is 5. The molecule has 0 spiro atoms. The Bertz CT molecular complexity index is 1550. The molecular formula is C37H42BClO6. The van der Waals surface area contributed by atoms with E-state index in [1.165, 1.54) is 37.3 Å². The Morgan fingerprint density at radius 3 is 2.36 bits per heavy atom. The van der Waals surface area contributed by atoms with Crippen molar-refractivity contribution in [3.8, 4) is 5.75 Å². The van der Waals surface area contributed by atoms with Gasteiger partial charge in [-0.3, -0.25) is 0 Å². The van der Waals surface area contributed by atoms with E-state index in [0.29, 0.717) is 29.2 Å². The van der Waals surface area contributed by atoms with Crippen molar-refractivity contribution in [2.24, 2.45) is 23.7 Å². The predicted octanol–water partition coefficient (Wildman–Crippen LogP) is 7.85. The van der Waals surface area contributed by atoms with Crippen LogP contribution >= 0.6 is 11.6 Å². The fourth-order valence-electron chi connectivity index (χ4n) is 7.59. The average Bonchev–Trinajstić information content (AvgIpc) is 3.51. The summed E-state index contributed by atoms with van der Waals surface area (Å²) in [6.07, 6.45) is 14.9. The second kappa shape index (κ2) is 12.5. The number of carbonyl (C=O) groups is 1. The normalized spacial score (nSPS) is 27.4. The molecule has 1 heterocycles. The second-order valence-electron chi connectivity index (χ2n) is 13.8. The van der Waals surface area contributed by atoms with E-state index in [-0.39, 0.29) is 0 Å². The van der Waals surface area contributed by atoms with Crippen LogP contribution in [0.25, 0.3) is 11.8 Å². The second-order valence-corrected chi connectivity index (χ2v) is 14.1. The number of carboxylic acid groups (broad SMARTS) is 1. The first-order valence-electron chi connectivity index (χ1n) is 15.9. The maximum atomic E-state index is 10.8. The molecule has 8 heteroatoms. The molecule has 45 heavy (non-hydrogen) atoms. The third-order valence-electron chi connectivity index (χ3n) is 10.4. The highest BCUT2D eigenvalue weighted by atomic mass is 35.5. The molecule has 6 nitrogen and oxygen atoms in total. The lowest BCUT2D eigenvalue weighted by Gasteiger charge is -2.32. The summed E-state index contributed by atoms with van der Waals surface area (Å²) in [5.74, 6) is 3.30. The van der Waals surface area contributed by atoms with Crippen LogP contribution in [0.2, 0.25) is 5.02 Å². The van der Waals surface area contributed by atoms with Crippen LogP contribution in [0.4, 0.5) is 0 Å². The minimum Gasteiger partial charge on any atom is -0.496 e. The Balaban J connectivity index is 1.27. The molecule has 4 atom stereocenters. The smallest absolute Gasteiger partial charge is 0.494 e. The number of hydrogen-bond donors (Lipinski definition) is 1. The Morgan fingerprint density at radius 2 is 1.69 bits per heavy atom. The number of ether oxygens (including phenoxy) is 2. The van der Waals surface area contributed by atoms with E-state index in [2.05, 4.69) is 0 Å². The van der Waals surface area contributed by atoms with Crippen molar-refractivity contribution in [1.82, 2.24) is 0 Å². The number of halogens is 1. The third kappa shape index (κ3) is 6.27. The van der Waals surface area contributed by atoms with Gasteiger partial charge in [-0.05, 0) is 99.7 Å². The zero-order chi connectivity index (χ0) is 31.9. The highest BCUT2D eigenvalue weighted by Crippen LogP contribution is 2.62. The summed E-state index contributed by atoms with van der Waals surface area (Å²) in [4.78, 5) is 10.8. The molecule has 1 saturated heterocycles. The van der Waals surface area contributed by atoms with Crippen LogP contribution in [-0.2, 0) is 25.4 Å². The number of hydrogen-bond acceptors (Lipinski definition) is 5. The molecule has 2 aromatic rings. The van der Waals surface area contributed by atoms with Crippen LogP contribution in [0.5, 0.6) is 5.75 Å². The molecule has 236 valence electrons. The average molecular weight is 629 g/mol. The molecule has 5 aliphatic rings. The lowest BCUT2D eigenvalue weighted by molar-refractivity contribution is -0.131. The molecular weight excluding hydrogens is 587 g/mol. The van der Waals surface area contributed by atoms with Crippen molar-refractivity contribution in [3.05, 3.63) is 94.1 Å². The molecule has 4 saturated carbocycles. The highest BCUT2D eigenvalue weighted by Gasteiger charge is 2.53. The van der Waals surface area contributed by atoms with E-state index >= 15 is 0 Å². The monoisotopic (exact) mass is 628 g/mol. The standard InChI is InChI=1S/C37H42BClO6/c1-36(2)37(3,4)45-38(44-36)28-15-12-23(13-16-28)22-43-34-25(10-8-6-7-9-11-31(40)41)14-17-29(33(34)39)35(42-5)32-27-19-24-18-26(21-27)30(32)20-24/h6-17,24,26-27,30H,18-22H2,1-5H3,(H,40,41)/b7-6+,10-8+,11-9+,35-32+. The van der Waals surface area contributed by atoms with Crippen LogP contribution < -0.4 is 10.2 Å². The number of aliphatic carboxylic acids is 1. The SMILES string of the molecule is CO/C(=C1\C2CC3CC(C2)C1C3)c1ccc(/C=C/C=C/C=C/C(=O)O)c(OCc2ccc(B3OC(C)(C)C(C)(C)O3)cc2)c1Cl. The van der Waals surface area contributed by atoms with Gasteiger partial charge in [0.2, 0.25) is 0 Å². The van der Waals surface area contributed by atoms with Crippen LogP contribution in [0.15, 0.2) is 72.4 Å². The minimum atomic E-state index is -0.989. The molecule has 5 fully saturated rings. The molecule has 0 radical (unpaired) electrons. The lowest BCUT2D eigenvalue weighted by Crippen LogP contribution is -2.41. The van der Waals surface area contributed by atoms with Gasteiger partial charge in [0.15, 0.2) is 0 Å². The topological polar surface area (TPSA) is 74.2 Å². The van der Waals surface area contributed by atoms with Gasteiger partial charge in [0.05, 0.1) is 23.3 Å². The summed E-state index contributed by atoms with van der Waals surface area (Å²) in [5.41, 5.74) is 4.27. The van der Waals surface area contributed by atoms with Gasteiger partial charge in [-0.15, -0.1) is 0 Å². The summed E-state index contributed by atoms with van der Waals surface area (Å²) in [6, 6.07) is 12.1. The first kappa shape index (κ1) is 31.7. The number of methoxy groups -OCH3 is 1. The highest BCUT2D eigenvalue weighted by molar-refractivity contribution is 6.62. The van der Waals surface area contributed by atoms with E-state index in [0.717, 1.165) is 45.8 Å². The first-order valence-corrected chi connectivity index (χ1v) is 16.3. The van der Waals surface area contributed by atoms with Crippen LogP contribution in [0.3, 0.4) is 0 Å². The van der Waals surface area contributed by atoms with Crippen molar-refractivity contribution in [1.29, 1.82) is 0 Å². The summed E-state index contributed by atoms with van der Waals surface area (Å²) in [7, 11) is 1.33. The zero-order valence-corrected chi connectivity index (χ0v) is 27.5. The van der Waals surface area contributed by atoms with Crippen molar-refractivity contribution < 1.29 is 28.7 Å². The summed E-state index contributed by atoms with van der Waals surface area (Å²) < 4.78 is 25.0. The van der Waals surface area contributed by atoms with Gasteiger partial charge >= 0.3 is 13.1 Å². The predicted molar refractivity (Wildman–Crippen MR) is 179 cm³/mol. The molecule has 4 unspecified atom stereocenters. The molecule has 1 aliphatic heterocycles. The number of benzene rings is 2. The van der Waals surface area contributed by atoms with Gasteiger partial charge in [0.25, 0.3) is 0 Å². The van der Waals surface area contributed by atoms with E-state index in [9.17, 15) is 4.79 Å². The lowest BCUT2D eigenvalue weighted by atomic mass is 9.78. The quantitative estimate of drug-likeness (QED) is 0.125. The summed E-state index contributed by atoms with van der Waals surface area (Å²) >= 11 is 7.20. The molecule has 0 aromatic heterocycles. The first-order chi connectivity index (χ1) is 21.5. The Hall–Kier alpha value is -3.26. The molecule has 4 bridgehead atoms. The zero-order valence-electron chi connectivity index (χ0n) is 26.7. The number of rotatable bonds is 10. The molecule has 0 amide bonds. The van der Waals surface area contributed by atoms with Gasteiger partial charge in [-0.1, -0.05) is 72.3 Å². The van der Waals surface area contributed by atoms with Gasteiger partial charge in [0, 0.05) is 17.2 Å². The minimum absolute atomic E-state index is 0.318. The Labute approximate surface area is 271 Å². The number of carboxylic acids is 1. The fourth-order valence-corrected chi connectivity index (χ4v) is 7.90. The van der Waals surface area contributed by atoms with Gasteiger partial charge < -0.3 is 23.9 Å².